The van der Waals surface area contributed by atoms with Crippen LogP contribution in [0, 0.1) is 6.92 Å². The quantitative estimate of drug-likeness (QED) is 0.694. The average Bonchev–Trinajstić information content (AvgIpc) is 2.29. The van der Waals surface area contributed by atoms with E-state index in [9.17, 15) is 0 Å². The SMILES string of the molecule is C=C(OCC)C1=Cc2c(C)cccc2CC1. The summed E-state index contributed by atoms with van der Waals surface area (Å²) in [5.41, 5.74) is 5.36. The molecule has 1 aromatic rings. The molecule has 0 heterocycles. The van der Waals surface area contributed by atoms with E-state index >= 15 is 0 Å². The van der Waals surface area contributed by atoms with Crippen LogP contribution < -0.4 is 0 Å². The zero-order valence-corrected chi connectivity index (χ0v) is 10.0. The highest BCUT2D eigenvalue weighted by atomic mass is 16.5. The second-order valence-electron chi connectivity index (χ2n) is 4.17. The smallest absolute Gasteiger partial charge is 0.115 e. The minimum atomic E-state index is 0.691. The van der Waals surface area contributed by atoms with E-state index in [1.807, 2.05) is 6.92 Å². The largest absolute Gasteiger partial charge is 0.494 e. The van der Waals surface area contributed by atoms with Crippen LogP contribution in [0.4, 0.5) is 0 Å². The molecule has 0 N–H and O–H groups in total. The van der Waals surface area contributed by atoms with Gasteiger partial charge in [0.1, 0.15) is 5.76 Å². The molecule has 1 heteroatoms. The van der Waals surface area contributed by atoms with Gasteiger partial charge in [-0.05, 0) is 55.0 Å². The van der Waals surface area contributed by atoms with Crippen molar-refractivity contribution in [1.29, 1.82) is 0 Å². The molecule has 0 saturated heterocycles. The predicted molar refractivity (Wildman–Crippen MR) is 68.2 cm³/mol. The van der Waals surface area contributed by atoms with Crippen LogP contribution in [0.2, 0.25) is 0 Å². The normalized spacial score (nSPS) is 14.0. The summed E-state index contributed by atoms with van der Waals surface area (Å²) in [6.07, 6.45) is 4.36. The van der Waals surface area contributed by atoms with Crippen molar-refractivity contribution in [2.24, 2.45) is 0 Å². The van der Waals surface area contributed by atoms with E-state index in [0.717, 1.165) is 18.6 Å². The molecule has 1 nitrogen and oxygen atoms in total. The number of allylic oxidation sites excluding steroid dienone is 1. The number of ether oxygens (including phenoxy) is 1. The molecule has 2 rings (SSSR count). The minimum Gasteiger partial charge on any atom is -0.494 e. The van der Waals surface area contributed by atoms with E-state index in [-0.39, 0.29) is 0 Å². The number of benzene rings is 1. The van der Waals surface area contributed by atoms with Gasteiger partial charge in [-0.25, -0.2) is 0 Å². The molecule has 0 unspecified atom stereocenters. The highest BCUT2D eigenvalue weighted by molar-refractivity contribution is 5.65. The van der Waals surface area contributed by atoms with Crippen LogP contribution in [-0.4, -0.2) is 6.61 Å². The van der Waals surface area contributed by atoms with E-state index < -0.39 is 0 Å². The third-order valence-electron chi connectivity index (χ3n) is 3.07. The van der Waals surface area contributed by atoms with Crippen molar-refractivity contribution in [2.45, 2.75) is 26.7 Å². The molecular weight excluding hydrogens is 196 g/mol. The third-order valence-corrected chi connectivity index (χ3v) is 3.07. The Morgan fingerprint density at radius 1 is 1.38 bits per heavy atom. The van der Waals surface area contributed by atoms with Crippen LogP contribution in [0.1, 0.15) is 30.0 Å². The summed E-state index contributed by atoms with van der Waals surface area (Å²) in [6, 6.07) is 6.49. The lowest BCUT2D eigenvalue weighted by molar-refractivity contribution is 0.238. The Labute approximate surface area is 97.4 Å². The average molecular weight is 214 g/mol. The predicted octanol–water partition coefficient (Wildman–Crippen LogP) is 3.87. The molecule has 1 aromatic carbocycles. The van der Waals surface area contributed by atoms with Gasteiger partial charge >= 0.3 is 0 Å². The third kappa shape index (κ3) is 2.04. The van der Waals surface area contributed by atoms with Crippen molar-refractivity contribution in [2.75, 3.05) is 6.61 Å². The first-order valence-electron chi connectivity index (χ1n) is 5.83. The van der Waals surface area contributed by atoms with Crippen LogP contribution >= 0.6 is 0 Å². The van der Waals surface area contributed by atoms with Crippen molar-refractivity contribution in [1.82, 2.24) is 0 Å². The second-order valence-corrected chi connectivity index (χ2v) is 4.17. The van der Waals surface area contributed by atoms with Gasteiger partial charge in [-0.1, -0.05) is 24.8 Å². The summed E-state index contributed by atoms with van der Waals surface area (Å²) in [4.78, 5) is 0. The van der Waals surface area contributed by atoms with Crippen molar-refractivity contribution in [3.05, 3.63) is 52.8 Å². The van der Waals surface area contributed by atoms with Crippen molar-refractivity contribution >= 4 is 6.08 Å². The van der Waals surface area contributed by atoms with E-state index in [1.165, 1.54) is 22.3 Å². The lowest BCUT2D eigenvalue weighted by Crippen LogP contribution is -2.04. The van der Waals surface area contributed by atoms with Crippen LogP contribution in [0.15, 0.2) is 36.1 Å². The highest BCUT2D eigenvalue weighted by Crippen LogP contribution is 2.29. The summed E-state index contributed by atoms with van der Waals surface area (Å²) in [7, 11) is 0. The van der Waals surface area contributed by atoms with Gasteiger partial charge in [-0.2, -0.15) is 0 Å². The maximum absolute atomic E-state index is 5.47. The molecule has 0 spiro atoms. The standard InChI is InChI=1S/C15H18O/c1-4-16-12(3)14-9-8-13-7-5-6-11(2)15(13)10-14/h5-7,10H,3-4,8-9H2,1-2H3. The molecule has 0 aliphatic heterocycles. The lowest BCUT2D eigenvalue weighted by atomic mass is 9.89. The molecule has 0 bridgehead atoms. The molecule has 1 aliphatic rings. The van der Waals surface area contributed by atoms with Gasteiger partial charge in [0.2, 0.25) is 0 Å². The van der Waals surface area contributed by atoms with Crippen LogP contribution in [0.5, 0.6) is 0 Å². The summed E-state index contributed by atoms with van der Waals surface area (Å²) in [6.45, 7) is 8.82. The summed E-state index contributed by atoms with van der Waals surface area (Å²) < 4.78 is 5.47. The van der Waals surface area contributed by atoms with E-state index in [0.29, 0.717) is 6.61 Å². The molecule has 0 radical (unpaired) electrons. The zero-order chi connectivity index (χ0) is 11.5. The van der Waals surface area contributed by atoms with Gasteiger partial charge < -0.3 is 4.74 Å². The molecule has 0 saturated carbocycles. The fraction of sp³-hybridized carbons (Fsp3) is 0.333. The monoisotopic (exact) mass is 214 g/mol. The molecule has 0 amide bonds. The van der Waals surface area contributed by atoms with Gasteiger partial charge in [-0.15, -0.1) is 0 Å². The molecule has 0 atom stereocenters. The Hall–Kier alpha value is -1.50. The van der Waals surface area contributed by atoms with Crippen molar-refractivity contribution < 1.29 is 4.74 Å². The second kappa shape index (κ2) is 4.56. The van der Waals surface area contributed by atoms with Gasteiger partial charge in [0.15, 0.2) is 0 Å². The first-order chi connectivity index (χ1) is 7.72. The highest BCUT2D eigenvalue weighted by Gasteiger charge is 2.14. The Morgan fingerprint density at radius 3 is 2.94 bits per heavy atom. The van der Waals surface area contributed by atoms with E-state index in [2.05, 4.69) is 37.8 Å². The molecular formula is C15H18O. The first kappa shape index (κ1) is 11.0. The van der Waals surface area contributed by atoms with E-state index in [4.69, 9.17) is 4.74 Å². The van der Waals surface area contributed by atoms with Crippen LogP contribution in [0.25, 0.3) is 6.08 Å². The summed E-state index contributed by atoms with van der Waals surface area (Å²) in [5.74, 6) is 0.830. The maximum Gasteiger partial charge on any atom is 0.115 e. The molecule has 1 aliphatic carbocycles. The number of hydrogen-bond acceptors (Lipinski definition) is 1. The number of hydrogen-bond donors (Lipinski definition) is 0. The summed E-state index contributed by atoms with van der Waals surface area (Å²) >= 11 is 0. The lowest BCUT2D eigenvalue weighted by Gasteiger charge is -2.19. The number of aryl methyl sites for hydroxylation is 2. The van der Waals surface area contributed by atoms with Crippen LogP contribution in [0.3, 0.4) is 0 Å². The Kier molecular flexibility index (Phi) is 3.14. The Morgan fingerprint density at radius 2 is 2.19 bits per heavy atom. The maximum atomic E-state index is 5.47. The fourth-order valence-electron chi connectivity index (χ4n) is 2.17. The topological polar surface area (TPSA) is 9.23 Å². The van der Waals surface area contributed by atoms with E-state index in [1.54, 1.807) is 0 Å². The van der Waals surface area contributed by atoms with Gasteiger partial charge in [0, 0.05) is 0 Å². The molecule has 16 heavy (non-hydrogen) atoms. The fourth-order valence-corrected chi connectivity index (χ4v) is 2.17. The molecule has 0 aromatic heterocycles. The zero-order valence-electron chi connectivity index (χ0n) is 10.0. The van der Waals surface area contributed by atoms with Gasteiger partial charge in [0.05, 0.1) is 6.61 Å². The minimum absolute atomic E-state index is 0.691. The van der Waals surface area contributed by atoms with Crippen molar-refractivity contribution in [3.8, 4) is 0 Å². The Bertz CT molecular complexity index is 441. The number of rotatable bonds is 3. The molecule has 84 valence electrons. The Balaban J connectivity index is 2.34. The van der Waals surface area contributed by atoms with Gasteiger partial charge in [0.25, 0.3) is 0 Å². The first-order valence-corrected chi connectivity index (χ1v) is 5.83. The van der Waals surface area contributed by atoms with Crippen LogP contribution in [-0.2, 0) is 11.2 Å². The molecule has 0 fully saturated rings. The van der Waals surface area contributed by atoms with Gasteiger partial charge in [-0.3, -0.25) is 0 Å². The van der Waals surface area contributed by atoms with Crippen molar-refractivity contribution in [3.63, 3.8) is 0 Å². The summed E-state index contributed by atoms with van der Waals surface area (Å²) in [5, 5.41) is 0. The number of fused-ring (bicyclic) bond motifs is 1.